The SMILES string of the molecule is Fc1cccc([C@H]2CCCN2c2ccn3nccc3n2)c1.Nc1cnn2cccnc12. The number of nitrogen functional groups attached to an aromatic ring is 1. The Bertz CT molecular complexity index is 1330. The number of hydrogen-bond acceptors (Lipinski definition) is 6. The van der Waals surface area contributed by atoms with Crippen molar-refractivity contribution in [3.63, 3.8) is 0 Å². The summed E-state index contributed by atoms with van der Waals surface area (Å²) < 4.78 is 16.9. The van der Waals surface area contributed by atoms with Crippen molar-refractivity contribution in [2.75, 3.05) is 17.2 Å². The van der Waals surface area contributed by atoms with Crippen LogP contribution < -0.4 is 10.6 Å². The number of anilines is 2. The van der Waals surface area contributed by atoms with Crippen molar-refractivity contribution in [3.05, 3.63) is 84.8 Å². The molecule has 9 heteroatoms. The van der Waals surface area contributed by atoms with Gasteiger partial charge in [-0.3, -0.25) is 0 Å². The molecule has 0 saturated carbocycles. The van der Waals surface area contributed by atoms with Gasteiger partial charge < -0.3 is 10.6 Å². The largest absolute Gasteiger partial charge is 0.394 e. The van der Waals surface area contributed by atoms with E-state index in [0.717, 1.165) is 36.4 Å². The van der Waals surface area contributed by atoms with E-state index in [-0.39, 0.29) is 11.9 Å². The summed E-state index contributed by atoms with van der Waals surface area (Å²) in [5, 5.41) is 8.11. The number of nitrogens with zero attached hydrogens (tertiary/aromatic N) is 7. The van der Waals surface area contributed by atoms with Crippen LogP contribution in [-0.4, -0.2) is 35.7 Å². The molecule has 1 aromatic carbocycles. The maximum Gasteiger partial charge on any atom is 0.178 e. The number of aromatic nitrogens is 6. The molecule has 1 saturated heterocycles. The van der Waals surface area contributed by atoms with Crippen LogP contribution in [0.25, 0.3) is 11.3 Å². The van der Waals surface area contributed by atoms with E-state index in [9.17, 15) is 4.39 Å². The summed E-state index contributed by atoms with van der Waals surface area (Å²) in [6.45, 7) is 0.943. The van der Waals surface area contributed by atoms with Crippen molar-refractivity contribution >= 4 is 22.8 Å². The third-order valence-corrected chi connectivity index (χ3v) is 5.33. The van der Waals surface area contributed by atoms with Gasteiger partial charge in [0.15, 0.2) is 11.3 Å². The molecule has 0 aliphatic carbocycles. The van der Waals surface area contributed by atoms with Gasteiger partial charge in [0, 0.05) is 31.2 Å². The Hall–Kier alpha value is -4.01. The summed E-state index contributed by atoms with van der Waals surface area (Å²) in [5.41, 5.74) is 8.70. The highest BCUT2D eigenvalue weighted by molar-refractivity contribution is 5.62. The minimum Gasteiger partial charge on any atom is -0.394 e. The maximum atomic E-state index is 13.5. The molecule has 31 heavy (non-hydrogen) atoms. The molecule has 1 fully saturated rings. The van der Waals surface area contributed by atoms with Crippen molar-refractivity contribution < 1.29 is 4.39 Å². The fraction of sp³-hybridized carbons (Fsp3) is 0.182. The Labute approximate surface area is 177 Å². The highest BCUT2D eigenvalue weighted by Crippen LogP contribution is 2.35. The molecule has 1 aliphatic heterocycles. The number of rotatable bonds is 2. The predicted molar refractivity (Wildman–Crippen MR) is 116 cm³/mol. The normalized spacial score (nSPS) is 15.9. The van der Waals surface area contributed by atoms with Gasteiger partial charge in [-0.05, 0) is 42.7 Å². The van der Waals surface area contributed by atoms with E-state index in [1.807, 2.05) is 24.4 Å². The maximum absolute atomic E-state index is 13.5. The second-order valence-corrected chi connectivity index (χ2v) is 7.31. The van der Waals surface area contributed by atoms with E-state index in [2.05, 4.69) is 25.1 Å². The lowest BCUT2D eigenvalue weighted by Crippen LogP contribution is -2.23. The predicted octanol–water partition coefficient (Wildman–Crippen LogP) is 3.52. The van der Waals surface area contributed by atoms with Crippen molar-refractivity contribution in [1.82, 2.24) is 29.2 Å². The smallest absolute Gasteiger partial charge is 0.178 e. The van der Waals surface area contributed by atoms with E-state index < -0.39 is 0 Å². The molecule has 0 amide bonds. The second-order valence-electron chi connectivity index (χ2n) is 7.31. The van der Waals surface area contributed by atoms with Crippen molar-refractivity contribution in [2.45, 2.75) is 18.9 Å². The summed E-state index contributed by atoms with van der Waals surface area (Å²) >= 11 is 0. The van der Waals surface area contributed by atoms with E-state index in [1.165, 1.54) is 6.07 Å². The molecule has 5 heterocycles. The Morgan fingerprint density at radius 2 is 1.94 bits per heavy atom. The minimum atomic E-state index is -0.182. The highest BCUT2D eigenvalue weighted by atomic mass is 19.1. The van der Waals surface area contributed by atoms with Crippen LogP contribution in [0.4, 0.5) is 15.9 Å². The fourth-order valence-electron chi connectivity index (χ4n) is 3.91. The summed E-state index contributed by atoms with van der Waals surface area (Å²) in [7, 11) is 0. The number of benzene rings is 1. The molecule has 0 unspecified atom stereocenters. The van der Waals surface area contributed by atoms with Crippen LogP contribution in [0.15, 0.2) is 73.4 Å². The number of nitrogens with two attached hydrogens (primary N) is 1. The molecule has 0 bridgehead atoms. The molecule has 8 nitrogen and oxygen atoms in total. The van der Waals surface area contributed by atoms with Crippen molar-refractivity contribution in [2.24, 2.45) is 0 Å². The topological polar surface area (TPSA) is 89.6 Å². The molecular formula is C22H21FN8. The Morgan fingerprint density at radius 3 is 2.81 bits per heavy atom. The zero-order valence-corrected chi connectivity index (χ0v) is 16.7. The van der Waals surface area contributed by atoms with Crippen LogP contribution >= 0.6 is 0 Å². The van der Waals surface area contributed by atoms with Gasteiger partial charge in [0.05, 0.1) is 24.1 Å². The molecule has 6 rings (SSSR count). The van der Waals surface area contributed by atoms with Gasteiger partial charge in [0.2, 0.25) is 0 Å². The summed E-state index contributed by atoms with van der Waals surface area (Å²) in [6, 6.07) is 12.7. The first-order valence-electron chi connectivity index (χ1n) is 10.1. The molecule has 4 aromatic heterocycles. The monoisotopic (exact) mass is 416 g/mol. The molecule has 1 aliphatic rings. The Kier molecular flexibility index (Phi) is 4.91. The Morgan fingerprint density at radius 1 is 1.00 bits per heavy atom. The lowest BCUT2D eigenvalue weighted by atomic mass is 10.0. The minimum absolute atomic E-state index is 0.182. The first-order valence-corrected chi connectivity index (χ1v) is 10.1. The van der Waals surface area contributed by atoms with Gasteiger partial charge >= 0.3 is 0 Å². The van der Waals surface area contributed by atoms with Crippen LogP contribution in [0.1, 0.15) is 24.4 Å². The molecule has 2 N–H and O–H groups in total. The lowest BCUT2D eigenvalue weighted by Gasteiger charge is -2.26. The molecule has 1 atom stereocenters. The fourth-order valence-corrected chi connectivity index (χ4v) is 3.91. The quantitative estimate of drug-likeness (QED) is 0.474. The van der Waals surface area contributed by atoms with Gasteiger partial charge in [0.1, 0.15) is 11.6 Å². The van der Waals surface area contributed by atoms with E-state index >= 15 is 0 Å². The van der Waals surface area contributed by atoms with Gasteiger partial charge in [-0.1, -0.05) is 12.1 Å². The molecule has 156 valence electrons. The standard InChI is InChI=1S/C16H15FN4.C6H6N4/c17-13-4-1-3-12(11-13)14-5-2-9-20(14)15-7-10-21-16(19-15)6-8-18-21;7-5-4-9-10-3-1-2-8-6(5)10/h1,3-4,6-8,10-11,14H,2,5,9H2;1-4H,7H2/t14-;/m1./s1. The van der Waals surface area contributed by atoms with Crippen LogP contribution in [0.3, 0.4) is 0 Å². The third-order valence-electron chi connectivity index (χ3n) is 5.33. The van der Waals surface area contributed by atoms with Crippen LogP contribution in [-0.2, 0) is 0 Å². The summed E-state index contributed by atoms with van der Waals surface area (Å²) in [4.78, 5) is 10.9. The average molecular weight is 416 g/mol. The van der Waals surface area contributed by atoms with Crippen LogP contribution in [0.5, 0.6) is 0 Å². The van der Waals surface area contributed by atoms with Crippen molar-refractivity contribution in [3.8, 4) is 0 Å². The second kappa shape index (κ2) is 8.02. The first kappa shape index (κ1) is 19.0. The number of fused-ring (bicyclic) bond motifs is 2. The number of hydrogen-bond donors (Lipinski definition) is 1. The zero-order chi connectivity index (χ0) is 21.2. The summed E-state index contributed by atoms with van der Waals surface area (Å²) in [6.07, 6.45) is 10.8. The highest BCUT2D eigenvalue weighted by Gasteiger charge is 2.27. The van der Waals surface area contributed by atoms with E-state index in [1.54, 1.807) is 52.0 Å². The number of halogens is 1. The van der Waals surface area contributed by atoms with Gasteiger partial charge in [-0.2, -0.15) is 10.2 Å². The molecule has 0 spiro atoms. The van der Waals surface area contributed by atoms with Gasteiger partial charge in [-0.15, -0.1) is 0 Å². The van der Waals surface area contributed by atoms with E-state index in [4.69, 9.17) is 5.73 Å². The first-order chi connectivity index (χ1) is 15.2. The molecular weight excluding hydrogens is 395 g/mol. The zero-order valence-electron chi connectivity index (χ0n) is 16.7. The Balaban J connectivity index is 0.000000171. The molecule has 5 aromatic rings. The van der Waals surface area contributed by atoms with Crippen molar-refractivity contribution in [1.29, 1.82) is 0 Å². The van der Waals surface area contributed by atoms with E-state index in [0.29, 0.717) is 11.3 Å². The third kappa shape index (κ3) is 3.77. The van der Waals surface area contributed by atoms with Gasteiger partial charge in [0.25, 0.3) is 0 Å². The van der Waals surface area contributed by atoms with Crippen LogP contribution in [0.2, 0.25) is 0 Å². The van der Waals surface area contributed by atoms with Crippen LogP contribution in [0, 0.1) is 5.82 Å². The van der Waals surface area contributed by atoms with Gasteiger partial charge in [-0.25, -0.2) is 23.4 Å². The lowest BCUT2D eigenvalue weighted by molar-refractivity contribution is 0.618. The summed E-state index contributed by atoms with van der Waals surface area (Å²) in [5.74, 6) is 0.744. The average Bonchev–Trinajstić information content (AvgIpc) is 3.54. The molecule has 0 radical (unpaired) electrons.